The van der Waals surface area contributed by atoms with Crippen molar-refractivity contribution in [2.24, 2.45) is 5.73 Å². The maximum absolute atomic E-state index is 9.77. The van der Waals surface area contributed by atoms with Gasteiger partial charge in [0.2, 0.25) is 0 Å². The number of benzene rings is 1. The van der Waals surface area contributed by atoms with E-state index in [1.807, 2.05) is 0 Å². The average molecular weight is 458 g/mol. The molecule has 2 unspecified atom stereocenters. The highest BCUT2D eigenvalue weighted by atomic mass is 16.4. The summed E-state index contributed by atoms with van der Waals surface area (Å²) in [5.41, 5.74) is 7.63. The number of hydrogen-bond donors (Lipinski definition) is 7. The minimum absolute atomic E-state index is 0.181. The largest absolute Gasteiger partial charge is 0.479 e. The Labute approximate surface area is 189 Å². The predicted octanol–water partition coefficient (Wildman–Crippen LogP) is 1.08. The Hall–Kier alpha value is -2.04. The molecule has 0 aliphatic heterocycles. The summed E-state index contributed by atoms with van der Waals surface area (Å²) >= 11 is 0. The fourth-order valence-electron chi connectivity index (χ4n) is 2.85. The van der Waals surface area contributed by atoms with Crippen LogP contribution < -0.4 is 5.73 Å². The van der Waals surface area contributed by atoms with Gasteiger partial charge in [0, 0.05) is 0 Å². The van der Waals surface area contributed by atoms with Crippen LogP contribution >= 0.6 is 0 Å². The van der Waals surface area contributed by atoms with Gasteiger partial charge in [-0.05, 0) is 36.8 Å². The molecule has 0 saturated heterocycles. The molecule has 0 heterocycles. The van der Waals surface area contributed by atoms with Crippen molar-refractivity contribution in [1.29, 1.82) is 0 Å². The molecule has 9 heteroatoms. The van der Waals surface area contributed by atoms with Gasteiger partial charge in [-0.1, -0.05) is 63.3 Å². The number of carbonyl (C=O) groups is 2. The molecule has 184 valence electrons. The molecule has 1 rings (SSSR count). The minimum Gasteiger partial charge on any atom is -0.479 e. The first kappa shape index (κ1) is 30.0. The third kappa shape index (κ3) is 12.7. The van der Waals surface area contributed by atoms with E-state index in [0.29, 0.717) is 6.42 Å². The van der Waals surface area contributed by atoms with Gasteiger partial charge in [-0.3, -0.25) is 0 Å². The molecular weight excluding hydrogens is 418 g/mol. The van der Waals surface area contributed by atoms with Crippen molar-refractivity contribution in [2.75, 3.05) is 13.2 Å². The lowest BCUT2D eigenvalue weighted by Crippen LogP contribution is -2.47. The molecule has 0 aliphatic rings. The second-order valence-electron chi connectivity index (χ2n) is 8.08. The molecule has 8 N–H and O–H groups in total. The summed E-state index contributed by atoms with van der Waals surface area (Å²) in [6, 6.07) is 8.66. The molecule has 0 amide bonds. The molecule has 2 atom stereocenters. The third-order valence-corrected chi connectivity index (χ3v) is 5.19. The first-order valence-electron chi connectivity index (χ1n) is 11.0. The number of aryl methyl sites for hydroxylation is 2. The zero-order valence-corrected chi connectivity index (χ0v) is 18.8. The third-order valence-electron chi connectivity index (χ3n) is 5.19. The number of nitrogens with two attached hydrogens (primary N) is 1. The fourth-order valence-corrected chi connectivity index (χ4v) is 2.85. The number of aliphatic carboxylic acids is 2. The van der Waals surface area contributed by atoms with Crippen molar-refractivity contribution in [2.45, 2.75) is 82.5 Å². The average Bonchev–Trinajstić information content (AvgIpc) is 2.79. The molecule has 9 nitrogen and oxygen atoms in total. The molecule has 0 radical (unpaired) electrons. The van der Waals surface area contributed by atoms with Gasteiger partial charge in [-0.2, -0.15) is 0 Å². The lowest BCUT2D eigenvalue weighted by Gasteiger charge is -2.24. The Bertz CT molecular complexity index is 628. The molecule has 0 bridgehead atoms. The standard InChI is InChI=1S/C19H33NO2.C4H6O6/c1-2-3-4-5-6-7-8-17-9-11-18(12-10-17)13-14-19(20,15-21)16-22;5-1(3(7)8)2(6)4(9)10/h9-12,21-22H,2-8,13-16,20H2,1H3;1-2,5-6H,(H,7,8)(H,9,10). The van der Waals surface area contributed by atoms with Crippen molar-refractivity contribution in [3.05, 3.63) is 35.4 Å². The summed E-state index contributed by atoms with van der Waals surface area (Å²) < 4.78 is 0. The number of rotatable bonds is 15. The molecule has 32 heavy (non-hydrogen) atoms. The van der Waals surface area contributed by atoms with Crippen LogP contribution in [0.1, 0.15) is 63.0 Å². The SMILES string of the molecule is CCCCCCCCc1ccc(CCC(N)(CO)CO)cc1.O=C(O)C(O)C(O)C(=O)O. The number of aliphatic hydroxyl groups excluding tert-OH is 4. The van der Waals surface area contributed by atoms with Crippen LogP contribution in [0.25, 0.3) is 0 Å². The van der Waals surface area contributed by atoms with Crippen LogP contribution in [0.3, 0.4) is 0 Å². The quantitative estimate of drug-likeness (QED) is 0.190. The van der Waals surface area contributed by atoms with Crippen LogP contribution in [0.15, 0.2) is 24.3 Å². The summed E-state index contributed by atoms with van der Waals surface area (Å²) in [7, 11) is 0. The number of carboxylic acids is 2. The summed E-state index contributed by atoms with van der Waals surface area (Å²) in [5, 5.41) is 50.9. The molecular formula is C23H39NO8. The van der Waals surface area contributed by atoms with Gasteiger partial charge in [-0.15, -0.1) is 0 Å². The van der Waals surface area contributed by atoms with Gasteiger partial charge >= 0.3 is 11.9 Å². The number of aliphatic hydroxyl groups is 4. The Balaban J connectivity index is 0.000000809. The van der Waals surface area contributed by atoms with Crippen LogP contribution in [0, 0.1) is 0 Å². The Kier molecular flexibility index (Phi) is 15.5. The number of carboxylic acid groups (broad SMARTS) is 2. The molecule has 0 spiro atoms. The normalized spacial score (nSPS) is 13.1. The molecule has 0 aliphatic carbocycles. The van der Waals surface area contributed by atoms with Crippen LogP contribution in [0.5, 0.6) is 0 Å². The van der Waals surface area contributed by atoms with Crippen LogP contribution in [-0.2, 0) is 22.4 Å². The smallest absolute Gasteiger partial charge is 0.335 e. The fraction of sp³-hybridized carbons (Fsp3) is 0.652. The van der Waals surface area contributed by atoms with Gasteiger partial charge in [0.25, 0.3) is 0 Å². The Morgan fingerprint density at radius 3 is 1.62 bits per heavy atom. The lowest BCUT2D eigenvalue weighted by molar-refractivity contribution is -0.165. The lowest BCUT2D eigenvalue weighted by atomic mass is 9.93. The van der Waals surface area contributed by atoms with E-state index >= 15 is 0 Å². The van der Waals surface area contributed by atoms with Gasteiger partial charge in [0.05, 0.1) is 18.8 Å². The van der Waals surface area contributed by atoms with Crippen LogP contribution in [0.4, 0.5) is 0 Å². The zero-order valence-electron chi connectivity index (χ0n) is 18.8. The molecule has 0 saturated carbocycles. The monoisotopic (exact) mass is 457 g/mol. The molecule has 0 aromatic heterocycles. The molecule has 1 aromatic carbocycles. The first-order chi connectivity index (χ1) is 15.1. The summed E-state index contributed by atoms with van der Waals surface area (Å²) in [5.74, 6) is -3.54. The maximum Gasteiger partial charge on any atom is 0.335 e. The van der Waals surface area contributed by atoms with E-state index in [1.165, 1.54) is 49.7 Å². The van der Waals surface area contributed by atoms with Gasteiger partial charge in [0.15, 0.2) is 12.2 Å². The Morgan fingerprint density at radius 1 is 0.812 bits per heavy atom. The van der Waals surface area contributed by atoms with Gasteiger partial charge in [-0.25, -0.2) is 9.59 Å². The highest BCUT2D eigenvalue weighted by Gasteiger charge is 2.29. The molecule has 0 fully saturated rings. The van der Waals surface area contributed by atoms with E-state index < -0.39 is 29.7 Å². The highest BCUT2D eigenvalue weighted by molar-refractivity contribution is 5.83. The predicted molar refractivity (Wildman–Crippen MR) is 120 cm³/mol. The second kappa shape index (κ2) is 16.6. The maximum atomic E-state index is 9.77. The van der Waals surface area contributed by atoms with E-state index in [9.17, 15) is 19.8 Å². The van der Waals surface area contributed by atoms with Crippen molar-refractivity contribution in [1.82, 2.24) is 0 Å². The van der Waals surface area contributed by atoms with E-state index in [4.69, 9.17) is 26.2 Å². The van der Waals surface area contributed by atoms with E-state index in [-0.39, 0.29) is 13.2 Å². The highest BCUT2D eigenvalue weighted by Crippen LogP contribution is 2.14. The zero-order chi connectivity index (χ0) is 24.6. The van der Waals surface area contributed by atoms with Gasteiger partial charge in [0.1, 0.15) is 0 Å². The molecule has 1 aromatic rings. The van der Waals surface area contributed by atoms with Crippen LogP contribution in [0.2, 0.25) is 0 Å². The van der Waals surface area contributed by atoms with Crippen molar-refractivity contribution >= 4 is 11.9 Å². The van der Waals surface area contributed by atoms with E-state index in [1.54, 1.807) is 0 Å². The van der Waals surface area contributed by atoms with Crippen molar-refractivity contribution in [3.63, 3.8) is 0 Å². The Morgan fingerprint density at radius 2 is 1.22 bits per heavy atom. The first-order valence-corrected chi connectivity index (χ1v) is 11.0. The second-order valence-corrected chi connectivity index (χ2v) is 8.08. The number of unbranched alkanes of at least 4 members (excludes halogenated alkanes) is 5. The van der Waals surface area contributed by atoms with Crippen molar-refractivity contribution < 1.29 is 40.2 Å². The number of hydrogen-bond acceptors (Lipinski definition) is 7. The summed E-state index contributed by atoms with van der Waals surface area (Å²) in [6.45, 7) is 1.89. The van der Waals surface area contributed by atoms with Gasteiger partial charge < -0.3 is 36.4 Å². The van der Waals surface area contributed by atoms with E-state index in [2.05, 4.69) is 31.2 Å². The van der Waals surface area contributed by atoms with E-state index in [0.717, 1.165) is 12.8 Å². The summed E-state index contributed by atoms with van der Waals surface area (Å²) in [4.78, 5) is 19.5. The summed E-state index contributed by atoms with van der Waals surface area (Å²) in [6.07, 6.45) is 5.98. The minimum atomic E-state index is -2.27. The van der Waals surface area contributed by atoms with Crippen LogP contribution in [-0.4, -0.2) is 73.5 Å². The van der Waals surface area contributed by atoms with Crippen molar-refractivity contribution in [3.8, 4) is 0 Å². The topological polar surface area (TPSA) is 182 Å².